The van der Waals surface area contributed by atoms with Gasteiger partial charge >= 0.3 is 0 Å². The molecule has 142 valence electrons. The third-order valence-corrected chi connectivity index (χ3v) is 4.39. The lowest BCUT2D eigenvalue weighted by molar-refractivity contribution is -0.116. The van der Waals surface area contributed by atoms with Gasteiger partial charge in [-0.2, -0.15) is 0 Å². The zero-order chi connectivity index (χ0) is 19.9. The van der Waals surface area contributed by atoms with E-state index in [1.807, 2.05) is 30.3 Å². The minimum atomic E-state index is -0.403. The summed E-state index contributed by atoms with van der Waals surface area (Å²) in [7, 11) is 0. The van der Waals surface area contributed by atoms with E-state index in [0.717, 1.165) is 5.56 Å². The molecule has 0 spiro atoms. The molecule has 0 bridgehead atoms. The van der Waals surface area contributed by atoms with E-state index >= 15 is 0 Å². The topological polar surface area (TPSA) is 100 Å². The van der Waals surface area contributed by atoms with E-state index < -0.39 is 5.91 Å². The summed E-state index contributed by atoms with van der Waals surface area (Å²) in [5.74, 6) is -0.797. The van der Waals surface area contributed by atoms with Crippen LogP contribution < -0.4 is 16.0 Å². The molecule has 0 fully saturated rings. The Balaban J connectivity index is 1.59. The molecule has 28 heavy (non-hydrogen) atoms. The third kappa shape index (κ3) is 5.49. The number of rotatable bonds is 6. The molecule has 0 saturated heterocycles. The second-order valence-electron chi connectivity index (χ2n) is 5.96. The van der Waals surface area contributed by atoms with E-state index in [-0.39, 0.29) is 23.9 Å². The van der Waals surface area contributed by atoms with Crippen LogP contribution in [0.4, 0.5) is 16.5 Å². The van der Waals surface area contributed by atoms with Gasteiger partial charge in [-0.3, -0.25) is 14.4 Å². The van der Waals surface area contributed by atoms with Crippen LogP contribution in [-0.2, 0) is 16.0 Å². The number of amides is 3. The average Bonchev–Trinajstić information content (AvgIpc) is 3.11. The number of carbonyl (C=O) groups is 3. The number of anilines is 3. The van der Waals surface area contributed by atoms with Gasteiger partial charge in [0.15, 0.2) is 5.13 Å². The van der Waals surface area contributed by atoms with Gasteiger partial charge in [-0.25, -0.2) is 4.98 Å². The molecule has 3 amide bonds. The fourth-order valence-corrected chi connectivity index (χ4v) is 3.16. The number of hydrogen-bond acceptors (Lipinski definition) is 5. The molecule has 7 nitrogen and oxygen atoms in total. The summed E-state index contributed by atoms with van der Waals surface area (Å²) in [6.07, 6.45) is 0.234. The van der Waals surface area contributed by atoms with Crippen LogP contribution in [0.3, 0.4) is 0 Å². The lowest BCUT2D eigenvalue weighted by Crippen LogP contribution is -2.15. The van der Waals surface area contributed by atoms with Crippen LogP contribution in [0.15, 0.2) is 60.0 Å². The molecule has 0 aliphatic carbocycles. The van der Waals surface area contributed by atoms with Crippen LogP contribution in [0.1, 0.15) is 23.0 Å². The van der Waals surface area contributed by atoms with Crippen LogP contribution >= 0.6 is 11.3 Å². The molecule has 8 heteroatoms. The van der Waals surface area contributed by atoms with Gasteiger partial charge in [-0.05, 0) is 23.8 Å². The summed E-state index contributed by atoms with van der Waals surface area (Å²) in [5, 5.41) is 10.0. The van der Waals surface area contributed by atoms with Crippen LogP contribution in [0.25, 0.3) is 0 Å². The van der Waals surface area contributed by atoms with Gasteiger partial charge in [0.2, 0.25) is 11.8 Å². The predicted octanol–water partition coefficient (Wildman–Crippen LogP) is 3.54. The number of aromatic nitrogens is 1. The van der Waals surface area contributed by atoms with Gasteiger partial charge in [0.25, 0.3) is 5.91 Å². The Labute approximate surface area is 165 Å². The molecular weight excluding hydrogens is 376 g/mol. The van der Waals surface area contributed by atoms with Crippen LogP contribution in [0.2, 0.25) is 0 Å². The van der Waals surface area contributed by atoms with Crippen molar-refractivity contribution in [1.29, 1.82) is 0 Å². The molecule has 3 N–H and O–H groups in total. The van der Waals surface area contributed by atoms with Gasteiger partial charge in [0.1, 0.15) is 5.69 Å². The van der Waals surface area contributed by atoms with Crippen molar-refractivity contribution in [3.8, 4) is 0 Å². The highest BCUT2D eigenvalue weighted by molar-refractivity contribution is 7.14. The molecule has 1 heterocycles. The van der Waals surface area contributed by atoms with Gasteiger partial charge in [0, 0.05) is 23.7 Å². The summed E-state index contributed by atoms with van der Waals surface area (Å²) in [6.45, 7) is 1.41. The zero-order valence-electron chi connectivity index (χ0n) is 15.1. The van der Waals surface area contributed by atoms with Crippen LogP contribution in [0.5, 0.6) is 0 Å². The molecule has 0 atom stereocenters. The van der Waals surface area contributed by atoms with Crippen molar-refractivity contribution >= 4 is 45.6 Å². The smallest absolute Gasteiger partial charge is 0.275 e. The van der Waals surface area contributed by atoms with E-state index in [4.69, 9.17) is 0 Å². The SMILES string of the molecule is CC(=O)Nc1cccc(NC(=O)c2csc(NC(=O)Cc3ccccc3)n2)c1. The van der Waals surface area contributed by atoms with Crippen LogP contribution in [0, 0.1) is 0 Å². The summed E-state index contributed by atoms with van der Waals surface area (Å²) >= 11 is 1.18. The van der Waals surface area contributed by atoms with Gasteiger partial charge in [-0.15, -0.1) is 11.3 Å². The normalized spacial score (nSPS) is 10.2. The van der Waals surface area contributed by atoms with Gasteiger partial charge in [0.05, 0.1) is 6.42 Å². The molecule has 3 aromatic rings. The van der Waals surface area contributed by atoms with Crippen LogP contribution in [-0.4, -0.2) is 22.7 Å². The first-order valence-corrected chi connectivity index (χ1v) is 9.36. The Morgan fingerprint density at radius 3 is 2.36 bits per heavy atom. The van der Waals surface area contributed by atoms with E-state index in [1.54, 1.807) is 29.6 Å². The number of benzene rings is 2. The molecule has 3 rings (SSSR count). The average molecular weight is 394 g/mol. The van der Waals surface area contributed by atoms with Crippen molar-refractivity contribution in [2.45, 2.75) is 13.3 Å². The maximum atomic E-state index is 12.4. The molecule has 1 aromatic heterocycles. The maximum Gasteiger partial charge on any atom is 0.275 e. The highest BCUT2D eigenvalue weighted by Gasteiger charge is 2.13. The van der Waals surface area contributed by atoms with Gasteiger partial charge in [-0.1, -0.05) is 36.4 Å². The predicted molar refractivity (Wildman–Crippen MR) is 110 cm³/mol. The number of nitrogens with zero attached hydrogens (tertiary/aromatic N) is 1. The van der Waals surface area contributed by atoms with E-state index in [1.165, 1.54) is 18.3 Å². The molecule has 2 aromatic carbocycles. The molecular formula is C20H18N4O3S. The first kappa shape index (κ1) is 19.2. The Morgan fingerprint density at radius 2 is 1.64 bits per heavy atom. The highest BCUT2D eigenvalue weighted by Crippen LogP contribution is 2.19. The summed E-state index contributed by atoms with van der Waals surface area (Å²) in [5.41, 5.74) is 2.20. The molecule has 0 radical (unpaired) electrons. The standard InChI is InChI=1S/C20H18N4O3S/c1-13(25)21-15-8-5-9-16(11-15)22-19(27)17-12-28-20(23-17)24-18(26)10-14-6-3-2-4-7-14/h2-9,11-12H,10H2,1H3,(H,21,25)(H,22,27)(H,23,24,26). The fourth-order valence-electron chi connectivity index (χ4n) is 2.45. The van der Waals surface area contributed by atoms with Crippen molar-refractivity contribution in [3.63, 3.8) is 0 Å². The number of thiazole rings is 1. The Morgan fingerprint density at radius 1 is 0.929 bits per heavy atom. The molecule has 0 aliphatic rings. The Bertz CT molecular complexity index is 1000. The van der Waals surface area contributed by atoms with Gasteiger partial charge < -0.3 is 16.0 Å². The van der Waals surface area contributed by atoms with Crippen molar-refractivity contribution in [1.82, 2.24) is 4.98 Å². The third-order valence-electron chi connectivity index (χ3n) is 3.63. The number of carbonyl (C=O) groups excluding carboxylic acids is 3. The van der Waals surface area contributed by atoms with E-state index in [9.17, 15) is 14.4 Å². The second-order valence-corrected chi connectivity index (χ2v) is 6.82. The van der Waals surface area contributed by atoms with Crippen molar-refractivity contribution in [2.75, 3.05) is 16.0 Å². The van der Waals surface area contributed by atoms with E-state index in [0.29, 0.717) is 16.5 Å². The highest BCUT2D eigenvalue weighted by atomic mass is 32.1. The zero-order valence-corrected chi connectivity index (χ0v) is 15.9. The lowest BCUT2D eigenvalue weighted by atomic mass is 10.1. The Hall–Kier alpha value is -3.52. The minimum Gasteiger partial charge on any atom is -0.326 e. The summed E-state index contributed by atoms with van der Waals surface area (Å²) in [6, 6.07) is 16.2. The monoisotopic (exact) mass is 394 g/mol. The molecule has 0 aliphatic heterocycles. The van der Waals surface area contributed by atoms with Crippen molar-refractivity contribution in [2.24, 2.45) is 0 Å². The number of nitrogens with one attached hydrogen (secondary N) is 3. The summed E-state index contributed by atoms with van der Waals surface area (Å²) < 4.78 is 0. The largest absolute Gasteiger partial charge is 0.326 e. The Kier molecular flexibility index (Phi) is 6.13. The first-order chi connectivity index (χ1) is 13.5. The number of hydrogen-bond donors (Lipinski definition) is 3. The van der Waals surface area contributed by atoms with Crippen molar-refractivity contribution in [3.05, 3.63) is 71.2 Å². The molecule has 0 saturated carbocycles. The quantitative estimate of drug-likeness (QED) is 0.595. The second kappa shape index (κ2) is 8.92. The minimum absolute atomic E-state index is 0.195. The van der Waals surface area contributed by atoms with E-state index in [2.05, 4.69) is 20.9 Å². The maximum absolute atomic E-state index is 12.4. The first-order valence-electron chi connectivity index (χ1n) is 8.48. The molecule has 0 unspecified atom stereocenters. The summed E-state index contributed by atoms with van der Waals surface area (Å²) in [4.78, 5) is 39.8. The lowest BCUT2D eigenvalue weighted by Gasteiger charge is -2.06. The fraction of sp³-hybridized carbons (Fsp3) is 0.100. The van der Waals surface area contributed by atoms with Crippen molar-refractivity contribution < 1.29 is 14.4 Å².